The number of amides is 1. The van der Waals surface area contributed by atoms with Crippen LogP contribution >= 0.6 is 0 Å². The lowest BCUT2D eigenvalue weighted by Crippen LogP contribution is -2.29. The van der Waals surface area contributed by atoms with E-state index < -0.39 is 5.97 Å². The van der Waals surface area contributed by atoms with Gasteiger partial charge in [-0.1, -0.05) is 0 Å². The van der Waals surface area contributed by atoms with Gasteiger partial charge in [0, 0.05) is 25.0 Å². The molecular formula is C16H18N2O4. The molecule has 0 atom stereocenters. The topological polar surface area (TPSA) is 79.7 Å². The average molecular weight is 302 g/mol. The number of aromatic nitrogens is 1. The van der Waals surface area contributed by atoms with Crippen LogP contribution in [0.1, 0.15) is 22.5 Å². The Morgan fingerprint density at radius 2 is 2.05 bits per heavy atom. The largest absolute Gasteiger partial charge is 0.497 e. The predicted molar refractivity (Wildman–Crippen MR) is 82.2 cm³/mol. The number of ether oxygens (including phenoxy) is 1. The summed E-state index contributed by atoms with van der Waals surface area (Å²) in [6, 6.07) is 7.23. The van der Waals surface area contributed by atoms with Crippen molar-refractivity contribution in [1.82, 2.24) is 9.88 Å². The Kier molecular flexibility index (Phi) is 4.60. The SMILES string of the molecule is COc1ccc2cc(C(=O)N(C)CCC(=O)O)c(C)nc2c1. The Hall–Kier alpha value is -2.63. The zero-order valence-electron chi connectivity index (χ0n) is 12.8. The minimum absolute atomic E-state index is 0.0838. The maximum Gasteiger partial charge on any atom is 0.305 e. The van der Waals surface area contributed by atoms with Crippen LogP contribution in [0.4, 0.5) is 0 Å². The molecule has 6 nitrogen and oxygen atoms in total. The number of aryl methyl sites for hydroxylation is 1. The van der Waals surface area contributed by atoms with E-state index in [4.69, 9.17) is 9.84 Å². The molecule has 0 radical (unpaired) electrons. The van der Waals surface area contributed by atoms with E-state index >= 15 is 0 Å². The van der Waals surface area contributed by atoms with Gasteiger partial charge in [0.15, 0.2) is 0 Å². The van der Waals surface area contributed by atoms with Gasteiger partial charge in [0.1, 0.15) is 5.75 Å². The predicted octanol–water partition coefficient (Wildman–Crippen LogP) is 2.10. The van der Waals surface area contributed by atoms with Crippen molar-refractivity contribution in [2.75, 3.05) is 20.7 Å². The van der Waals surface area contributed by atoms with Gasteiger partial charge in [-0.2, -0.15) is 0 Å². The van der Waals surface area contributed by atoms with Crippen molar-refractivity contribution >= 4 is 22.8 Å². The molecule has 1 heterocycles. The lowest BCUT2D eigenvalue weighted by molar-refractivity contribution is -0.137. The zero-order chi connectivity index (χ0) is 16.3. The molecule has 0 spiro atoms. The van der Waals surface area contributed by atoms with E-state index in [9.17, 15) is 9.59 Å². The van der Waals surface area contributed by atoms with Gasteiger partial charge in [0.2, 0.25) is 0 Å². The molecule has 0 saturated heterocycles. The van der Waals surface area contributed by atoms with Crippen LogP contribution in [-0.4, -0.2) is 47.6 Å². The number of benzene rings is 1. The Labute approximate surface area is 128 Å². The summed E-state index contributed by atoms with van der Waals surface area (Å²) in [5.74, 6) is -0.457. The first kappa shape index (κ1) is 15.8. The first-order valence-electron chi connectivity index (χ1n) is 6.85. The van der Waals surface area contributed by atoms with Gasteiger partial charge in [-0.3, -0.25) is 14.6 Å². The second-order valence-electron chi connectivity index (χ2n) is 5.05. The molecule has 116 valence electrons. The fraction of sp³-hybridized carbons (Fsp3) is 0.312. The highest BCUT2D eigenvalue weighted by molar-refractivity contribution is 5.98. The molecule has 0 aliphatic carbocycles. The molecule has 0 bridgehead atoms. The molecule has 0 fully saturated rings. The monoisotopic (exact) mass is 302 g/mol. The number of aliphatic carboxylic acids is 1. The fourth-order valence-corrected chi connectivity index (χ4v) is 2.16. The number of hydrogen-bond acceptors (Lipinski definition) is 4. The normalized spacial score (nSPS) is 10.5. The van der Waals surface area contributed by atoms with E-state index in [2.05, 4.69) is 4.98 Å². The van der Waals surface area contributed by atoms with Gasteiger partial charge in [-0.05, 0) is 25.1 Å². The molecule has 0 aliphatic heterocycles. The third-order valence-electron chi connectivity index (χ3n) is 3.45. The van der Waals surface area contributed by atoms with Crippen molar-refractivity contribution in [3.63, 3.8) is 0 Å². The van der Waals surface area contributed by atoms with Crippen LogP contribution in [0.5, 0.6) is 5.75 Å². The Balaban J connectivity index is 2.32. The second-order valence-corrected chi connectivity index (χ2v) is 5.05. The minimum atomic E-state index is -0.930. The molecule has 6 heteroatoms. The lowest BCUT2D eigenvalue weighted by Gasteiger charge is -2.17. The van der Waals surface area contributed by atoms with Gasteiger partial charge in [0.25, 0.3) is 5.91 Å². The number of carboxylic acids is 1. The third-order valence-corrected chi connectivity index (χ3v) is 3.45. The first-order chi connectivity index (χ1) is 10.4. The smallest absolute Gasteiger partial charge is 0.305 e. The second kappa shape index (κ2) is 6.43. The van der Waals surface area contributed by atoms with Crippen LogP contribution in [0.3, 0.4) is 0 Å². The Morgan fingerprint density at radius 3 is 2.68 bits per heavy atom. The Morgan fingerprint density at radius 1 is 1.32 bits per heavy atom. The molecule has 2 aromatic rings. The number of rotatable bonds is 5. The van der Waals surface area contributed by atoms with Crippen molar-refractivity contribution in [3.05, 3.63) is 35.5 Å². The summed E-state index contributed by atoms with van der Waals surface area (Å²) in [6.45, 7) is 1.92. The highest BCUT2D eigenvalue weighted by Crippen LogP contribution is 2.22. The summed E-state index contributed by atoms with van der Waals surface area (Å²) in [5, 5.41) is 9.53. The van der Waals surface area contributed by atoms with Crippen LogP contribution < -0.4 is 4.74 Å². The molecular weight excluding hydrogens is 284 g/mol. The van der Waals surface area contributed by atoms with E-state index in [1.165, 1.54) is 4.90 Å². The van der Waals surface area contributed by atoms with Gasteiger partial charge in [-0.15, -0.1) is 0 Å². The van der Waals surface area contributed by atoms with E-state index in [0.717, 1.165) is 10.9 Å². The molecule has 22 heavy (non-hydrogen) atoms. The summed E-state index contributed by atoms with van der Waals surface area (Å²) in [7, 11) is 3.17. The lowest BCUT2D eigenvalue weighted by atomic mass is 10.1. The molecule has 0 unspecified atom stereocenters. The van der Waals surface area contributed by atoms with Crippen LogP contribution in [0.25, 0.3) is 10.9 Å². The number of carboxylic acid groups (broad SMARTS) is 1. The van der Waals surface area contributed by atoms with Crippen molar-refractivity contribution < 1.29 is 19.4 Å². The molecule has 1 aromatic heterocycles. The number of hydrogen-bond donors (Lipinski definition) is 1. The maximum atomic E-state index is 12.4. The summed E-state index contributed by atoms with van der Waals surface area (Å²) < 4.78 is 5.16. The number of carbonyl (C=O) groups is 2. The van der Waals surface area contributed by atoms with Crippen molar-refractivity contribution in [1.29, 1.82) is 0 Å². The van der Waals surface area contributed by atoms with Gasteiger partial charge >= 0.3 is 5.97 Å². The van der Waals surface area contributed by atoms with E-state index in [1.54, 1.807) is 27.1 Å². The van der Waals surface area contributed by atoms with Crippen LogP contribution in [0.15, 0.2) is 24.3 Å². The number of fused-ring (bicyclic) bond motifs is 1. The molecule has 1 amide bonds. The summed E-state index contributed by atoms with van der Waals surface area (Å²) in [5.41, 5.74) is 1.83. The van der Waals surface area contributed by atoms with Crippen LogP contribution in [-0.2, 0) is 4.79 Å². The van der Waals surface area contributed by atoms with E-state index in [1.807, 2.05) is 18.2 Å². The zero-order valence-corrected chi connectivity index (χ0v) is 12.8. The highest BCUT2D eigenvalue weighted by atomic mass is 16.5. The summed E-state index contributed by atoms with van der Waals surface area (Å²) in [4.78, 5) is 28.9. The fourth-order valence-electron chi connectivity index (χ4n) is 2.16. The van der Waals surface area contributed by atoms with Crippen molar-refractivity contribution in [2.24, 2.45) is 0 Å². The van der Waals surface area contributed by atoms with Crippen LogP contribution in [0, 0.1) is 6.92 Å². The number of carbonyl (C=O) groups excluding carboxylic acids is 1. The average Bonchev–Trinajstić information content (AvgIpc) is 2.50. The Bertz CT molecular complexity index is 727. The number of pyridine rings is 1. The molecule has 0 aliphatic rings. The van der Waals surface area contributed by atoms with E-state index in [0.29, 0.717) is 17.0 Å². The highest BCUT2D eigenvalue weighted by Gasteiger charge is 2.16. The third kappa shape index (κ3) is 3.33. The standard InChI is InChI=1S/C16H18N2O4/c1-10-13(16(21)18(2)7-6-15(19)20)8-11-4-5-12(22-3)9-14(11)17-10/h4-5,8-9H,6-7H2,1-3H3,(H,19,20). The molecule has 1 N–H and O–H groups in total. The van der Waals surface area contributed by atoms with E-state index in [-0.39, 0.29) is 18.9 Å². The van der Waals surface area contributed by atoms with Crippen LogP contribution in [0.2, 0.25) is 0 Å². The summed E-state index contributed by atoms with van der Waals surface area (Å²) >= 11 is 0. The minimum Gasteiger partial charge on any atom is -0.497 e. The number of methoxy groups -OCH3 is 1. The summed E-state index contributed by atoms with van der Waals surface area (Å²) in [6.07, 6.45) is -0.0838. The van der Waals surface area contributed by atoms with Gasteiger partial charge in [-0.25, -0.2) is 0 Å². The molecule has 1 aromatic carbocycles. The molecule has 2 rings (SSSR count). The van der Waals surface area contributed by atoms with Gasteiger partial charge in [0.05, 0.1) is 30.3 Å². The quantitative estimate of drug-likeness (QED) is 0.915. The molecule has 0 saturated carbocycles. The maximum absolute atomic E-state index is 12.4. The van der Waals surface area contributed by atoms with Crippen molar-refractivity contribution in [3.8, 4) is 5.75 Å². The van der Waals surface area contributed by atoms with Crippen molar-refractivity contribution in [2.45, 2.75) is 13.3 Å². The van der Waals surface area contributed by atoms with Gasteiger partial charge < -0.3 is 14.7 Å². The first-order valence-corrected chi connectivity index (χ1v) is 6.85. The number of nitrogens with zero attached hydrogens (tertiary/aromatic N) is 2.